The van der Waals surface area contributed by atoms with Crippen molar-refractivity contribution in [2.24, 2.45) is 0 Å². The normalized spacial score (nSPS) is 12.8. The number of nitrogens with one attached hydrogen (secondary N) is 2. The summed E-state index contributed by atoms with van der Waals surface area (Å²) < 4.78 is 43.1. The topological polar surface area (TPSA) is 103 Å². The number of nitrogens with zero attached hydrogens (tertiary/aromatic N) is 1. The molecule has 8 nitrogen and oxygen atoms in total. The Balaban J connectivity index is 1.44. The highest BCUT2D eigenvalue weighted by molar-refractivity contribution is 7.92. The van der Waals surface area contributed by atoms with Crippen LogP contribution in [-0.4, -0.2) is 20.2 Å². The second kappa shape index (κ2) is 6.60. The van der Waals surface area contributed by atoms with Gasteiger partial charge in [0.05, 0.1) is 29.6 Å². The van der Waals surface area contributed by atoms with Crippen molar-refractivity contribution in [3.05, 3.63) is 60.7 Å². The number of pyridine rings is 1. The number of fused-ring (bicyclic) bond motifs is 1. The zero-order valence-electron chi connectivity index (χ0n) is 13.5. The zero-order chi connectivity index (χ0) is 18.0. The average Bonchev–Trinajstić information content (AvgIpc) is 3.32. The number of hydrogen-bond acceptors (Lipinski definition) is 7. The van der Waals surface area contributed by atoms with Crippen molar-refractivity contribution in [2.45, 2.75) is 11.4 Å². The molecular formula is C17H15N3O5S. The number of aromatic nitrogens is 1. The Hall–Kier alpha value is -3.20. The summed E-state index contributed by atoms with van der Waals surface area (Å²) in [5.41, 5.74) is 0.743. The van der Waals surface area contributed by atoms with E-state index in [-0.39, 0.29) is 17.5 Å². The Labute approximate surface area is 149 Å². The summed E-state index contributed by atoms with van der Waals surface area (Å²) in [4.78, 5) is 4.20. The van der Waals surface area contributed by atoms with Gasteiger partial charge in [0.25, 0.3) is 10.0 Å². The molecule has 1 aliphatic heterocycles. The molecule has 0 saturated carbocycles. The molecule has 0 saturated heterocycles. The predicted octanol–water partition coefficient (Wildman–Crippen LogP) is 2.82. The smallest absolute Gasteiger partial charge is 0.263 e. The highest BCUT2D eigenvalue weighted by atomic mass is 32.2. The Kier molecular flexibility index (Phi) is 4.13. The highest BCUT2D eigenvalue weighted by Crippen LogP contribution is 2.34. The number of furan rings is 1. The molecule has 1 aliphatic rings. The van der Waals surface area contributed by atoms with Crippen molar-refractivity contribution in [2.75, 3.05) is 16.8 Å². The van der Waals surface area contributed by atoms with Gasteiger partial charge in [0.2, 0.25) is 6.79 Å². The van der Waals surface area contributed by atoms with E-state index in [1.165, 1.54) is 12.1 Å². The van der Waals surface area contributed by atoms with Gasteiger partial charge in [0.1, 0.15) is 11.6 Å². The maximum Gasteiger partial charge on any atom is 0.263 e. The molecule has 3 aromatic rings. The van der Waals surface area contributed by atoms with Crippen LogP contribution in [0.5, 0.6) is 11.5 Å². The lowest BCUT2D eigenvalue weighted by Crippen LogP contribution is -2.14. The van der Waals surface area contributed by atoms with E-state index in [2.05, 4.69) is 15.0 Å². The molecular weight excluding hydrogens is 358 g/mol. The first kappa shape index (κ1) is 16.3. The van der Waals surface area contributed by atoms with Crippen LogP contribution in [0.4, 0.5) is 11.5 Å². The molecule has 0 bridgehead atoms. The molecule has 1 aromatic carbocycles. The van der Waals surface area contributed by atoms with Gasteiger partial charge in [-0.15, -0.1) is 0 Å². The molecule has 9 heteroatoms. The maximum atomic E-state index is 12.5. The molecule has 2 N–H and O–H groups in total. The van der Waals surface area contributed by atoms with Gasteiger partial charge in [0.15, 0.2) is 11.5 Å². The summed E-state index contributed by atoms with van der Waals surface area (Å²) in [5, 5.41) is 3.13. The molecule has 2 aromatic heterocycles. The number of hydrogen-bond donors (Lipinski definition) is 2. The van der Waals surface area contributed by atoms with Crippen molar-refractivity contribution in [1.29, 1.82) is 0 Å². The van der Waals surface area contributed by atoms with Crippen molar-refractivity contribution in [3.8, 4) is 11.5 Å². The van der Waals surface area contributed by atoms with E-state index in [4.69, 9.17) is 13.9 Å². The van der Waals surface area contributed by atoms with Crippen molar-refractivity contribution in [3.63, 3.8) is 0 Å². The van der Waals surface area contributed by atoms with E-state index in [1.807, 2.05) is 12.1 Å². The summed E-state index contributed by atoms with van der Waals surface area (Å²) in [6.07, 6.45) is 3.14. The molecule has 0 unspecified atom stereocenters. The van der Waals surface area contributed by atoms with Gasteiger partial charge in [-0.2, -0.15) is 0 Å². The van der Waals surface area contributed by atoms with Gasteiger partial charge in [-0.3, -0.25) is 4.72 Å². The lowest BCUT2D eigenvalue weighted by atomic mass is 10.3. The summed E-state index contributed by atoms with van der Waals surface area (Å²) >= 11 is 0. The SMILES string of the molecule is O=S(=O)(Nc1ccc(NCc2ccco2)cn1)c1ccc2c(c1)OCO2. The van der Waals surface area contributed by atoms with Crippen LogP contribution in [0.2, 0.25) is 0 Å². The van der Waals surface area contributed by atoms with Gasteiger partial charge in [-0.25, -0.2) is 13.4 Å². The van der Waals surface area contributed by atoms with Gasteiger partial charge < -0.3 is 19.2 Å². The fourth-order valence-electron chi connectivity index (χ4n) is 2.40. The molecule has 134 valence electrons. The minimum absolute atomic E-state index is 0.0728. The molecule has 0 amide bonds. The number of ether oxygens (including phenoxy) is 2. The van der Waals surface area contributed by atoms with Gasteiger partial charge in [-0.1, -0.05) is 0 Å². The quantitative estimate of drug-likeness (QED) is 0.685. The molecule has 0 fully saturated rings. The third-order valence-electron chi connectivity index (χ3n) is 3.70. The summed E-state index contributed by atoms with van der Waals surface area (Å²) in [5.74, 6) is 1.93. The van der Waals surface area contributed by atoms with Crippen LogP contribution < -0.4 is 19.5 Å². The molecule has 4 rings (SSSR count). The molecule has 0 spiro atoms. The Bertz CT molecular complexity index is 1000. The van der Waals surface area contributed by atoms with E-state index < -0.39 is 10.0 Å². The minimum Gasteiger partial charge on any atom is -0.467 e. The van der Waals surface area contributed by atoms with Crippen molar-refractivity contribution >= 4 is 21.5 Å². The van der Waals surface area contributed by atoms with Crippen LogP contribution in [0.3, 0.4) is 0 Å². The summed E-state index contributed by atoms with van der Waals surface area (Å²) in [7, 11) is -3.78. The lowest BCUT2D eigenvalue weighted by Gasteiger charge is -2.09. The number of anilines is 2. The third-order valence-corrected chi connectivity index (χ3v) is 5.06. The monoisotopic (exact) mass is 373 g/mol. The second-order valence-electron chi connectivity index (χ2n) is 5.49. The second-order valence-corrected chi connectivity index (χ2v) is 7.17. The van der Waals surface area contributed by atoms with E-state index in [9.17, 15) is 8.42 Å². The Morgan fingerprint density at radius 3 is 2.73 bits per heavy atom. The number of rotatable bonds is 6. The van der Waals surface area contributed by atoms with Gasteiger partial charge in [0, 0.05) is 6.07 Å². The van der Waals surface area contributed by atoms with Crippen LogP contribution in [0.15, 0.2) is 64.2 Å². The summed E-state index contributed by atoms with van der Waals surface area (Å²) in [6.45, 7) is 0.594. The zero-order valence-corrected chi connectivity index (χ0v) is 14.3. The lowest BCUT2D eigenvalue weighted by molar-refractivity contribution is 0.174. The van der Waals surface area contributed by atoms with Crippen LogP contribution in [-0.2, 0) is 16.6 Å². The largest absolute Gasteiger partial charge is 0.467 e. The maximum absolute atomic E-state index is 12.5. The van der Waals surface area contributed by atoms with Crippen molar-refractivity contribution in [1.82, 2.24) is 4.98 Å². The molecule has 3 heterocycles. The van der Waals surface area contributed by atoms with Crippen LogP contribution >= 0.6 is 0 Å². The molecule has 26 heavy (non-hydrogen) atoms. The Morgan fingerprint density at radius 1 is 1.08 bits per heavy atom. The van der Waals surface area contributed by atoms with E-state index in [0.717, 1.165) is 11.4 Å². The minimum atomic E-state index is -3.78. The van der Waals surface area contributed by atoms with Gasteiger partial charge in [-0.05, 0) is 36.4 Å². The first-order valence-corrected chi connectivity index (χ1v) is 9.23. The van der Waals surface area contributed by atoms with E-state index in [1.54, 1.807) is 30.7 Å². The van der Waals surface area contributed by atoms with Gasteiger partial charge >= 0.3 is 0 Å². The molecule has 0 radical (unpaired) electrons. The molecule has 0 atom stereocenters. The number of benzene rings is 1. The highest BCUT2D eigenvalue weighted by Gasteiger charge is 2.20. The average molecular weight is 373 g/mol. The predicted molar refractivity (Wildman–Crippen MR) is 93.6 cm³/mol. The van der Waals surface area contributed by atoms with Crippen molar-refractivity contribution < 1.29 is 22.3 Å². The first-order chi connectivity index (χ1) is 12.6. The van der Waals surface area contributed by atoms with E-state index in [0.29, 0.717) is 18.0 Å². The fourth-order valence-corrected chi connectivity index (χ4v) is 3.43. The Morgan fingerprint density at radius 2 is 1.96 bits per heavy atom. The third kappa shape index (κ3) is 3.42. The van der Waals surface area contributed by atoms with Crippen LogP contribution in [0.1, 0.15) is 5.76 Å². The number of sulfonamides is 1. The van der Waals surface area contributed by atoms with Crippen LogP contribution in [0, 0.1) is 0 Å². The van der Waals surface area contributed by atoms with Crippen LogP contribution in [0.25, 0.3) is 0 Å². The standard InChI is InChI=1S/C17H15N3O5S/c21-26(22,14-4-5-15-16(8-14)25-11-24-15)20-17-6-3-12(9-19-17)18-10-13-2-1-7-23-13/h1-9,18H,10-11H2,(H,19,20). The fraction of sp³-hybridized carbons (Fsp3) is 0.118. The summed E-state index contributed by atoms with van der Waals surface area (Å²) in [6, 6.07) is 11.4. The molecule has 0 aliphatic carbocycles. The first-order valence-electron chi connectivity index (χ1n) is 7.75. The van der Waals surface area contributed by atoms with E-state index >= 15 is 0 Å².